The molecular formula is C12H19N5. The summed E-state index contributed by atoms with van der Waals surface area (Å²) < 4.78 is 3.74. The first-order valence-electron chi connectivity index (χ1n) is 5.75. The molecule has 0 unspecified atom stereocenters. The molecule has 0 amide bonds. The Kier molecular flexibility index (Phi) is 3.28. The van der Waals surface area contributed by atoms with E-state index in [4.69, 9.17) is 0 Å². The van der Waals surface area contributed by atoms with Crippen LogP contribution in [-0.2, 0) is 27.2 Å². The molecule has 0 aliphatic carbocycles. The maximum absolute atomic E-state index is 4.32. The summed E-state index contributed by atoms with van der Waals surface area (Å²) in [6.45, 7) is 5.80. The van der Waals surface area contributed by atoms with Gasteiger partial charge in [0.25, 0.3) is 0 Å². The van der Waals surface area contributed by atoms with Crippen molar-refractivity contribution in [2.75, 3.05) is 0 Å². The molecule has 0 saturated heterocycles. The molecule has 0 saturated carbocycles. The zero-order valence-electron chi connectivity index (χ0n) is 10.9. The number of rotatable bonds is 4. The minimum absolute atomic E-state index is 0.841. The molecule has 0 fully saturated rings. The molecule has 2 heterocycles. The Morgan fingerprint density at radius 3 is 2.41 bits per heavy atom. The van der Waals surface area contributed by atoms with Crippen LogP contribution in [0.2, 0.25) is 0 Å². The fourth-order valence-electron chi connectivity index (χ4n) is 1.87. The average molecular weight is 233 g/mol. The van der Waals surface area contributed by atoms with Gasteiger partial charge < -0.3 is 5.32 Å². The van der Waals surface area contributed by atoms with E-state index in [-0.39, 0.29) is 0 Å². The van der Waals surface area contributed by atoms with Crippen molar-refractivity contribution in [3.8, 4) is 0 Å². The van der Waals surface area contributed by atoms with Gasteiger partial charge in [-0.15, -0.1) is 0 Å². The number of aryl methyl sites for hydroxylation is 3. The van der Waals surface area contributed by atoms with Crippen LogP contribution in [0.5, 0.6) is 0 Å². The molecule has 5 heteroatoms. The summed E-state index contributed by atoms with van der Waals surface area (Å²) in [7, 11) is 3.91. The smallest absolute Gasteiger partial charge is 0.0638 e. The lowest BCUT2D eigenvalue weighted by atomic mass is 10.2. The van der Waals surface area contributed by atoms with Crippen LogP contribution in [0.3, 0.4) is 0 Å². The van der Waals surface area contributed by atoms with Gasteiger partial charge in [-0.1, -0.05) is 0 Å². The fourth-order valence-corrected chi connectivity index (χ4v) is 1.87. The summed E-state index contributed by atoms with van der Waals surface area (Å²) in [4.78, 5) is 0. The third-order valence-corrected chi connectivity index (χ3v) is 3.08. The van der Waals surface area contributed by atoms with E-state index in [1.165, 1.54) is 16.8 Å². The molecule has 0 aromatic carbocycles. The summed E-state index contributed by atoms with van der Waals surface area (Å²) in [5.41, 5.74) is 4.78. The maximum atomic E-state index is 4.32. The van der Waals surface area contributed by atoms with Crippen molar-refractivity contribution in [3.05, 3.63) is 34.9 Å². The van der Waals surface area contributed by atoms with Crippen LogP contribution in [0.1, 0.15) is 22.5 Å². The van der Waals surface area contributed by atoms with Crippen LogP contribution in [0.15, 0.2) is 12.4 Å². The summed E-state index contributed by atoms with van der Waals surface area (Å²) in [5.74, 6) is 0. The largest absolute Gasteiger partial charge is 0.308 e. The Morgan fingerprint density at radius 2 is 1.88 bits per heavy atom. The highest BCUT2D eigenvalue weighted by molar-refractivity contribution is 5.17. The second-order valence-corrected chi connectivity index (χ2v) is 4.40. The highest BCUT2D eigenvalue weighted by atomic mass is 15.3. The van der Waals surface area contributed by atoms with Gasteiger partial charge in [0.15, 0.2) is 0 Å². The Morgan fingerprint density at radius 1 is 1.18 bits per heavy atom. The third kappa shape index (κ3) is 2.55. The molecule has 92 valence electrons. The molecule has 0 atom stereocenters. The van der Waals surface area contributed by atoms with Crippen molar-refractivity contribution in [3.63, 3.8) is 0 Å². The third-order valence-electron chi connectivity index (χ3n) is 3.08. The first-order valence-corrected chi connectivity index (χ1v) is 5.75. The number of hydrogen-bond acceptors (Lipinski definition) is 3. The number of nitrogens with one attached hydrogen (secondary N) is 1. The van der Waals surface area contributed by atoms with Crippen LogP contribution < -0.4 is 5.32 Å². The quantitative estimate of drug-likeness (QED) is 0.859. The first-order chi connectivity index (χ1) is 8.08. The molecular weight excluding hydrogens is 214 g/mol. The second-order valence-electron chi connectivity index (χ2n) is 4.40. The summed E-state index contributed by atoms with van der Waals surface area (Å²) in [6.07, 6.45) is 3.97. The summed E-state index contributed by atoms with van der Waals surface area (Å²) in [5, 5.41) is 12.0. The predicted octanol–water partition coefficient (Wildman–Crippen LogP) is 1.06. The lowest BCUT2D eigenvalue weighted by Gasteiger charge is -2.03. The predicted molar refractivity (Wildman–Crippen MR) is 66.4 cm³/mol. The molecule has 1 N–H and O–H groups in total. The monoisotopic (exact) mass is 233 g/mol. The molecule has 0 radical (unpaired) electrons. The molecule has 2 aromatic heterocycles. The Hall–Kier alpha value is -1.62. The summed E-state index contributed by atoms with van der Waals surface area (Å²) >= 11 is 0. The van der Waals surface area contributed by atoms with E-state index >= 15 is 0 Å². The van der Waals surface area contributed by atoms with Crippen molar-refractivity contribution in [1.29, 1.82) is 0 Å². The molecule has 2 aromatic rings. The van der Waals surface area contributed by atoms with Crippen molar-refractivity contribution in [2.45, 2.75) is 26.9 Å². The Labute approximate surface area is 101 Å². The minimum Gasteiger partial charge on any atom is -0.308 e. The molecule has 0 bridgehead atoms. The number of nitrogens with zero attached hydrogens (tertiary/aromatic N) is 4. The van der Waals surface area contributed by atoms with Crippen molar-refractivity contribution in [2.24, 2.45) is 14.1 Å². The normalized spacial score (nSPS) is 11.1. The molecule has 2 rings (SSSR count). The van der Waals surface area contributed by atoms with Crippen LogP contribution >= 0.6 is 0 Å². The topological polar surface area (TPSA) is 47.7 Å². The minimum atomic E-state index is 0.841. The van der Waals surface area contributed by atoms with Gasteiger partial charge in [0.2, 0.25) is 0 Å². The van der Waals surface area contributed by atoms with E-state index in [0.717, 1.165) is 18.8 Å². The second kappa shape index (κ2) is 4.71. The van der Waals surface area contributed by atoms with Crippen LogP contribution in [-0.4, -0.2) is 19.6 Å². The van der Waals surface area contributed by atoms with Gasteiger partial charge in [-0.2, -0.15) is 10.2 Å². The lowest BCUT2D eigenvalue weighted by Crippen LogP contribution is -2.13. The van der Waals surface area contributed by atoms with E-state index in [1.54, 1.807) is 0 Å². The molecule has 0 aliphatic rings. The number of aromatic nitrogens is 4. The van der Waals surface area contributed by atoms with E-state index in [0.29, 0.717) is 0 Å². The van der Waals surface area contributed by atoms with Crippen molar-refractivity contribution in [1.82, 2.24) is 24.9 Å². The zero-order chi connectivity index (χ0) is 12.4. The molecule has 5 nitrogen and oxygen atoms in total. The highest BCUT2D eigenvalue weighted by Crippen LogP contribution is 2.07. The SMILES string of the molecule is Cc1nn(C)cc1CNCc1cnn(C)c1C. The summed E-state index contributed by atoms with van der Waals surface area (Å²) in [6, 6.07) is 0. The molecule has 0 spiro atoms. The van der Waals surface area contributed by atoms with E-state index in [2.05, 4.69) is 28.6 Å². The van der Waals surface area contributed by atoms with Gasteiger partial charge in [-0.05, 0) is 13.8 Å². The van der Waals surface area contributed by atoms with Crippen LogP contribution in [0.25, 0.3) is 0 Å². The Bertz CT molecular complexity index is 507. The van der Waals surface area contributed by atoms with Gasteiger partial charge in [0.05, 0.1) is 11.9 Å². The Balaban J connectivity index is 1.92. The van der Waals surface area contributed by atoms with E-state index in [1.807, 2.05) is 36.6 Å². The first kappa shape index (κ1) is 11.9. The van der Waals surface area contributed by atoms with Gasteiger partial charge in [-0.25, -0.2) is 0 Å². The number of hydrogen-bond donors (Lipinski definition) is 1. The van der Waals surface area contributed by atoms with Crippen molar-refractivity contribution >= 4 is 0 Å². The van der Waals surface area contributed by atoms with Crippen LogP contribution in [0, 0.1) is 13.8 Å². The lowest BCUT2D eigenvalue weighted by molar-refractivity contribution is 0.682. The van der Waals surface area contributed by atoms with Gasteiger partial charge >= 0.3 is 0 Å². The van der Waals surface area contributed by atoms with Crippen LogP contribution in [0.4, 0.5) is 0 Å². The molecule has 17 heavy (non-hydrogen) atoms. The average Bonchev–Trinajstić information content (AvgIpc) is 2.75. The standard InChI is InChI=1S/C12H19N5/c1-9-12(8-16(3)15-9)6-13-5-11-7-14-17(4)10(11)2/h7-8,13H,5-6H2,1-4H3. The van der Waals surface area contributed by atoms with Gasteiger partial charge in [-0.3, -0.25) is 9.36 Å². The maximum Gasteiger partial charge on any atom is 0.0638 e. The zero-order valence-corrected chi connectivity index (χ0v) is 10.9. The highest BCUT2D eigenvalue weighted by Gasteiger charge is 2.05. The van der Waals surface area contributed by atoms with E-state index in [9.17, 15) is 0 Å². The fraction of sp³-hybridized carbons (Fsp3) is 0.500. The van der Waals surface area contributed by atoms with E-state index < -0.39 is 0 Å². The van der Waals surface area contributed by atoms with Crippen molar-refractivity contribution < 1.29 is 0 Å². The molecule has 0 aliphatic heterocycles. The van der Waals surface area contributed by atoms with Gasteiger partial charge in [0, 0.05) is 50.2 Å². The van der Waals surface area contributed by atoms with Gasteiger partial charge in [0.1, 0.15) is 0 Å².